The lowest BCUT2D eigenvalue weighted by Gasteiger charge is -2.14. The van der Waals surface area contributed by atoms with Crippen molar-refractivity contribution >= 4 is 17.3 Å². The van der Waals surface area contributed by atoms with Crippen molar-refractivity contribution in [1.82, 2.24) is 0 Å². The lowest BCUT2D eigenvalue weighted by molar-refractivity contribution is -0.142. The predicted molar refractivity (Wildman–Crippen MR) is 79.9 cm³/mol. The average Bonchev–Trinajstić information content (AvgIpc) is 2.89. The predicted octanol–water partition coefficient (Wildman–Crippen LogP) is 4.40. The van der Waals surface area contributed by atoms with Crippen molar-refractivity contribution < 1.29 is 9.90 Å². The minimum Gasteiger partial charge on any atom is -0.481 e. The number of hydrogen-bond acceptors (Lipinski definition) is 2. The Kier molecular flexibility index (Phi) is 4.81. The van der Waals surface area contributed by atoms with Crippen LogP contribution in [-0.2, 0) is 17.6 Å². The van der Waals surface area contributed by atoms with E-state index in [2.05, 4.69) is 19.6 Å². The molecule has 0 aliphatic heterocycles. The van der Waals surface area contributed by atoms with Gasteiger partial charge in [-0.2, -0.15) is 0 Å². The van der Waals surface area contributed by atoms with Gasteiger partial charge in [0.25, 0.3) is 0 Å². The van der Waals surface area contributed by atoms with Crippen LogP contribution in [0.3, 0.4) is 0 Å². The fourth-order valence-electron chi connectivity index (χ4n) is 2.92. The van der Waals surface area contributed by atoms with Crippen molar-refractivity contribution in [3.8, 4) is 0 Å². The van der Waals surface area contributed by atoms with Crippen molar-refractivity contribution in [3.63, 3.8) is 0 Å². The molecule has 1 heterocycles. The Hall–Kier alpha value is -1.09. The molecule has 0 bridgehead atoms. The van der Waals surface area contributed by atoms with Gasteiger partial charge in [-0.25, -0.2) is 0 Å². The number of hydrogen-bond donors (Lipinski definition) is 1. The van der Waals surface area contributed by atoms with Crippen LogP contribution in [-0.4, -0.2) is 11.1 Å². The molecule has 0 amide bonds. The van der Waals surface area contributed by atoms with E-state index >= 15 is 0 Å². The SMILES string of the molecule is C=CCC1c2sc(CCCCC)cc2CC1C(=O)O. The van der Waals surface area contributed by atoms with E-state index in [0.29, 0.717) is 6.42 Å². The third-order valence-corrected chi connectivity index (χ3v) is 5.29. The maximum absolute atomic E-state index is 11.3. The molecule has 19 heavy (non-hydrogen) atoms. The first kappa shape index (κ1) is 14.3. The van der Waals surface area contributed by atoms with Crippen LogP contribution >= 0.6 is 11.3 Å². The molecule has 1 aromatic heterocycles. The van der Waals surface area contributed by atoms with E-state index in [0.717, 1.165) is 12.8 Å². The standard InChI is InChI=1S/C16H22O2S/c1-3-5-6-8-12-9-11-10-14(16(17)18)13(7-4-2)15(11)19-12/h4,9,13-14H,2-3,5-8,10H2,1H3,(H,17,18). The Balaban J connectivity index is 2.11. The molecule has 2 rings (SSSR count). The summed E-state index contributed by atoms with van der Waals surface area (Å²) in [7, 11) is 0. The average molecular weight is 278 g/mol. The Morgan fingerprint density at radius 3 is 3.00 bits per heavy atom. The number of unbranched alkanes of at least 4 members (excludes halogenated alkanes) is 2. The summed E-state index contributed by atoms with van der Waals surface area (Å²) in [4.78, 5) is 14.1. The number of allylic oxidation sites excluding steroid dienone is 1. The number of carboxylic acid groups (broad SMARTS) is 1. The maximum Gasteiger partial charge on any atom is 0.307 e. The van der Waals surface area contributed by atoms with Crippen molar-refractivity contribution in [3.05, 3.63) is 34.0 Å². The smallest absolute Gasteiger partial charge is 0.307 e. The zero-order valence-electron chi connectivity index (χ0n) is 11.5. The van der Waals surface area contributed by atoms with E-state index in [1.807, 2.05) is 17.4 Å². The highest BCUT2D eigenvalue weighted by atomic mass is 32.1. The van der Waals surface area contributed by atoms with Gasteiger partial charge in [-0.1, -0.05) is 25.8 Å². The van der Waals surface area contributed by atoms with Gasteiger partial charge in [0.05, 0.1) is 5.92 Å². The minimum atomic E-state index is -0.664. The van der Waals surface area contributed by atoms with Gasteiger partial charge in [-0.15, -0.1) is 17.9 Å². The van der Waals surface area contributed by atoms with E-state index in [1.165, 1.54) is 34.6 Å². The molecule has 0 aromatic carbocycles. The largest absolute Gasteiger partial charge is 0.481 e. The Bertz CT molecular complexity index is 461. The van der Waals surface area contributed by atoms with E-state index in [1.54, 1.807) is 0 Å². The molecule has 0 radical (unpaired) electrons. The van der Waals surface area contributed by atoms with Gasteiger partial charge in [-0.3, -0.25) is 4.79 Å². The molecule has 104 valence electrons. The molecule has 2 unspecified atom stereocenters. The van der Waals surface area contributed by atoms with Gasteiger partial charge in [0.2, 0.25) is 0 Å². The lowest BCUT2D eigenvalue weighted by Crippen LogP contribution is -2.18. The summed E-state index contributed by atoms with van der Waals surface area (Å²) in [5.74, 6) is -0.762. The van der Waals surface area contributed by atoms with E-state index in [-0.39, 0.29) is 11.8 Å². The van der Waals surface area contributed by atoms with Crippen LogP contribution in [0.2, 0.25) is 0 Å². The quantitative estimate of drug-likeness (QED) is 0.593. The molecule has 0 saturated carbocycles. The molecular formula is C16H22O2S. The summed E-state index contributed by atoms with van der Waals surface area (Å²) >= 11 is 1.83. The summed E-state index contributed by atoms with van der Waals surface area (Å²) in [6.07, 6.45) is 8.23. The third-order valence-electron chi connectivity index (χ3n) is 3.92. The fraction of sp³-hybridized carbons (Fsp3) is 0.562. The minimum absolute atomic E-state index is 0.148. The normalized spacial score (nSPS) is 21.3. The lowest BCUT2D eigenvalue weighted by atomic mass is 9.93. The fourth-order valence-corrected chi connectivity index (χ4v) is 4.33. The second-order valence-electron chi connectivity index (χ2n) is 5.34. The van der Waals surface area contributed by atoms with Crippen molar-refractivity contribution in [2.45, 2.75) is 51.4 Å². The summed E-state index contributed by atoms with van der Waals surface area (Å²) < 4.78 is 0. The van der Waals surface area contributed by atoms with Crippen LogP contribution in [0.15, 0.2) is 18.7 Å². The Morgan fingerprint density at radius 1 is 1.58 bits per heavy atom. The van der Waals surface area contributed by atoms with Crippen LogP contribution < -0.4 is 0 Å². The second-order valence-corrected chi connectivity index (χ2v) is 6.51. The van der Waals surface area contributed by atoms with E-state index < -0.39 is 5.97 Å². The van der Waals surface area contributed by atoms with Crippen LogP contribution in [0.1, 0.15) is 53.8 Å². The molecule has 2 atom stereocenters. The van der Waals surface area contributed by atoms with Crippen LogP contribution in [0.4, 0.5) is 0 Å². The Labute approximate surface area is 119 Å². The molecule has 0 saturated heterocycles. The number of carbonyl (C=O) groups is 1. The molecule has 0 spiro atoms. The van der Waals surface area contributed by atoms with Gasteiger partial charge in [0.15, 0.2) is 0 Å². The summed E-state index contributed by atoms with van der Waals surface area (Å²) in [6, 6.07) is 2.24. The molecule has 3 heteroatoms. The van der Waals surface area contributed by atoms with Gasteiger partial charge in [0, 0.05) is 15.7 Å². The first-order chi connectivity index (χ1) is 9.17. The summed E-state index contributed by atoms with van der Waals surface area (Å²) in [6.45, 7) is 5.98. The number of thiophene rings is 1. The number of carboxylic acids is 1. The first-order valence-corrected chi connectivity index (χ1v) is 7.94. The molecule has 1 aliphatic rings. The van der Waals surface area contributed by atoms with E-state index in [9.17, 15) is 9.90 Å². The molecule has 0 fully saturated rings. The number of aryl methyl sites for hydroxylation is 1. The van der Waals surface area contributed by atoms with Crippen LogP contribution in [0, 0.1) is 5.92 Å². The van der Waals surface area contributed by atoms with E-state index in [4.69, 9.17) is 0 Å². The van der Waals surface area contributed by atoms with Crippen LogP contribution in [0.25, 0.3) is 0 Å². The Morgan fingerprint density at radius 2 is 2.37 bits per heavy atom. The molecule has 1 aliphatic carbocycles. The topological polar surface area (TPSA) is 37.3 Å². The molecule has 1 aromatic rings. The molecule has 1 N–H and O–H groups in total. The third kappa shape index (κ3) is 3.08. The zero-order chi connectivity index (χ0) is 13.8. The highest BCUT2D eigenvalue weighted by Crippen LogP contribution is 2.45. The molecular weight excluding hydrogens is 256 g/mol. The monoisotopic (exact) mass is 278 g/mol. The maximum atomic E-state index is 11.3. The van der Waals surface area contributed by atoms with Gasteiger partial charge in [-0.05, 0) is 37.3 Å². The first-order valence-electron chi connectivity index (χ1n) is 7.12. The number of fused-ring (bicyclic) bond motifs is 1. The van der Waals surface area contributed by atoms with Crippen molar-refractivity contribution in [1.29, 1.82) is 0 Å². The highest BCUT2D eigenvalue weighted by molar-refractivity contribution is 7.12. The van der Waals surface area contributed by atoms with Gasteiger partial charge >= 0.3 is 5.97 Å². The van der Waals surface area contributed by atoms with Crippen LogP contribution in [0.5, 0.6) is 0 Å². The zero-order valence-corrected chi connectivity index (χ0v) is 12.3. The highest BCUT2D eigenvalue weighted by Gasteiger charge is 2.38. The van der Waals surface area contributed by atoms with Crippen molar-refractivity contribution in [2.24, 2.45) is 5.92 Å². The molecule has 2 nitrogen and oxygen atoms in total. The number of aliphatic carboxylic acids is 1. The van der Waals surface area contributed by atoms with Crippen molar-refractivity contribution in [2.75, 3.05) is 0 Å². The number of rotatable bonds is 7. The van der Waals surface area contributed by atoms with Gasteiger partial charge in [0.1, 0.15) is 0 Å². The summed E-state index contributed by atoms with van der Waals surface area (Å²) in [5.41, 5.74) is 1.27. The second kappa shape index (κ2) is 6.38. The van der Waals surface area contributed by atoms with Gasteiger partial charge < -0.3 is 5.11 Å². The summed E-state index contributed by atoms with van der Waals surface area (Å²) in [5, 5.41) is 9.31.